The normalized spacial score (nSPS) is 12.4. The van der Waals surface area contributed by atoms with Crippen LogP contribution in [0.3, 0.4) is 0 Å². The van der Waals surface area contributed by atoms with Crippen molar-refractivity contribution in [3.63, 3.8) is 0 Å². The van der Waals surface area contributed by atoms with Gasteiger partial charge in [0, 0.05) is 5.54 Å². The molecule has 0 saturated heterocycles. The number of carbonyl (C=O) groups is 1. The van der Waals surface area contributed by atoms with Crippen molar-refractivity contribution in [1.82, 2.24) is 14.5 Å². The summed E-state index contributed by atoms with van der Waals surface area (Å²) in [7, 11) is 0. The molecule has 1 atom stereocenters. The minimum atomic E-state index is -1.18. The molecule has 0 aliphatic heterocycles. The topological polar surface area (TPSA) is 99.2 Å². The molecule has 0 aliphatic carbocycles. The van der Waals surface area contributed by atoms with Crippen LogP contribution in [0, 0.1) is 17.1 Å². The third-order valence-electron chi connectivity index (χ3n) is 4.80. The average Bonchev–Trinajstić information content (AvgIpc) is 2.66. The lowest BCUT2D eigenvalue weighted by molar-refractivity contribution is 0.0719. The van der Waals surface area contributed by atoms with E-state index < -0.39 is 29.1 Å². The van der Waals surface area contributed by atoms with Gasteiger partial charge in [-0.2, -0.15) is 5.26 Å². The van der Waals surface area contributed by atoms with E-state index in [-0.39, 0.29) is 16.7 Å². The summed E-state index contributed by atoms with van der Waals surface area (Å²) in [5.74, 6) is -0.592. The molecule has 0 saturated carbocycles. The standard InChI is InChI=1S/C22H21FN4O3/c1-13(27(21(29)30)22(2,3)4)19-25-17-10-6-9-16(23)18(17)20(28)26(19)15-8-5-7-14(11-15)12-24/h5-11,13H,1-4H3,(H,29,30). The maximum atomic E-state index is 14.5. The number of rotatable bonds is 3. The number of nitrogens with zero attached hydrogens (tertiary/aromatic N) is 4. The van der Waals surface area contributed by atoms with Gasteiger partial charge in [0.1, 0.15) is 17.0 Å². The first-order valence-corrected chi connectivity index (χ1v) is 9.30. The fourth-order valence-corrected chi connectivity index (χ4v) is 3.60. The van der Waals surface area contributed by atoms with Crippen molar-refractivity contribution >= 4 is 17.0 Å². The molecule has 1 N–H and O–H groups in total. The zero-order valence-electron chi connectivity index (χ0n) is 17.0. The summed E-state index contributed by atoms with van der Waals surface area (Å²) in [6.07, 6.45) is -1.18. The predicted octanol–water partition coefficient (Wildman–Crippen LogP) is 4.24. The molecule has 0 radical (unpaired) electrons. The van der Waals surface area contributed by atoms with Gasteiger partial charge in [0.05, 0.1) is 28.9 Å². The van der Waals surface area contributed by atoms with E-state index in [1.54, 1.807) is 45.9 Å². The highest BCUT2D eigenvalue weighted by Crippen LogP contribution is 2.29. The number of fused-ring (bicyclic) bond motifs is 1. The molecule has 8 heteroatoms. The molecule has 2 aromatic carbocycles. The van der Waals surface area contributed by atoms with Gasteiger partial charge in [0.2, 0.25) is 0 Å². The molecule has 1 aromatic heterocycles. The number of aromatic nitrogens is 2. The highest BCUT2D eigenvalue weighted by Gasteiger charge is 2.34. The van der Waals surface area contributed by atoms with Crippen LogP contribution < -0.4 is 5.56 Å². The van der Waals surface area contributed by atoms with Crippen LogP contribution in [0.1, 0.15) is 45.1 Å². The number of hydrogen-bond acceptors (Lipinski definition) is 4. The second-order valence-electron chi connectivity index (χ2n) is 7.91. The van der Waals surface area contributed by atoms with E-state index in [4.69, 9.17) is 0 Å². The first kappa shape index (κ1) is 21.0. The van der Waals surface area contributed by atoms with Gasteiger partial charge >= 0.3 is 6.09 Å². The van der Waals surface area contributed by atoms with Crippen molar-refractivity contribution in [2.24, 2.45) is 0 Å². The Hall–Kier alpha value is -3.73. The fourth-order valence-electron chi connectivity index (χ4n) is 3.60. The largest absolute Gasteiger partial charge is 0.465 e. The zero-order chi connectivity index (χ0) is 22.2. The molecule has 0 bridgehead atoms. The molecule has 3 rings (SSSR count). The van der Waals surface area contributed by atoms with Gasteiger partial charge in [0.25, 0.3) is 5.56 Å². The van der Waals surface area contributed by atoms with Crippen LogP contribution in [0.5, 0.6) is 0 Å². The van der Waals surface area contributed by atoms with Crippen LogP contribution in [0.4, 0.5) is 9.18 Å². The molecule has 3 aromatic rings. The molecule has 0 aliphatic rings. The van der Waals surface area contributed by atoms with Crippen molar-refractivity contribution in [1.29, 1.82) is 5.26 Å². The molecular formula is C22H21FN4O3. The Labute approximate surface area is 172 Å². The van der Waals surface area contributed by atoms with Crippen LogP contribution in [0.25, 0.3) is 16.6 Å². The minimum absolute atomic E-state index is 0.130. The second-order valence-corrected chi connectivity index (χ2v) is 7.91. The van der Waals surface area contributed by atoms with Crippen LogP contribution in [-0.4, -0.2) is 31.2 Å². The van der Waals surface area contributed by atoms with Crippen molar-refractivity contribution in [2.45, 2.75) is 39.3 Å². The Balaban J connectivity index is 2.42. The van der Waals surface area contributed by atoms with E-state index >= 15 is 0 Å². The number of hydrogen-bond donors (Lipinski definition) is 1. The van der Waals surface area contributed by atoms with E-state index in [1.807, 2.05) is 6.07 Å². The van der Waals surface area contributed by atoms with E-state index in [0.29, 0.717) is 11.3 Å². The van der Waals surface area contributed by atoms with Gasteiger partial charge in [-0.3, -0.25) is 14.3 Å². The predicted molar refractivity (Wildman–Crippen MR) is 110 cm³/mol. The van der Waals surface area contributed by atoms with Gasteiger partial charge in [-0.25, -0.2) is 14.2 Å². The third kappa shape index (κ3) is 3.62. The van der Waals surface area contributed by atoms with E-state index in [9.17, 15) is 24.3 Å². The monoisotopic (exact) mass is 408 g/mol. The van der Waals surface area contributed by atoms with Gasteiger partial charge in [-0.15, -0.1) is 0 Å². The van der Waals surface area contributed by atoms with E-state index in [0.717, 1.165) is 0 Å². The molecule has 0 spiro atoms. The third-order valence-corrected chi connectivity index (χ3v) is 4.80. The summed E-state index contributed by atoms with van der Waals surface area (Å²) < 4.78 is 15.7. The Morgan fingerprint density at radius 2 is 1.93 bits per heavy atom. The van der Waals surface area contributed by atoms with Crippen molar-refractivity contribution in [2.75, 3.05) is 0 Å². The highest BCUT2D eigenvalue weighted by molar-refractivity contribution is 5.79. The maximum Gasteiger partial charge on any atom is 0.408 e. The van der Waals surface area contributed by atoms with Gasteiger partial charge < -0.3 is 5.11 Å². The van der Waals surface area contributed by atoms with Crippen LogP contribution >= 0.6 is 0 Å². The highest BCUT2D eigenvalue weighted by atomic mass is 19.1. The average molecular weight is 408 g/mol. The molecule has 1 heterocycles. The Kier molecular flexibility index (Phi) is 5.31. The SMILES string of the molecule is CC(c1nc2cccc(F)c2c(=O)n1-c1cccc(C#N)c1)N(C(=O)O)C(C)(C)C. The number of halogens is 1. The summed E-state index contributed by atoms with van der Waals surface area (Å²) in [6, 6.07) is 11.5. The first-order chi connectivity index (χ1) is 14.1. The minimum Gasteiger partial charge on any atom is -0.465 e. The van der Waals surface area contributed by atoms with E-state index in [1.165, 1.54) is 33.7 Å². The molecule has 154 valence electrons. The number of carboxylic acid groups (broad SMARTS) is 1. The summed E-state index contributed by atoms with van der Waals surface area (Å²) in [5.41, 5.74) is -0.724. The van der Waals surface area contributed by atoms with Crippen molar-refractivity contribution in [3.8, 4) is 11.8 Å². The Morgan fingerprint density at radius 1 is 1.27 bits per heavy atom. The summed E-state index contributed by atoms with van der Waals surface area (Å²) in [4.78, 5) is 31.0. The molecule has 30 heavy (non-hydrogen) atoms. The Bertz CT molecular complexity index is 1240. The van der Waals surface area contributed by atoms with Gasteiger partial charge in [0.15, 0.2) is 0 Å². The molecule has 0 fully saturated rings. The lowest BCUT2D eigenvalue weighted by Crippen LogP contribution is -2.47. The summed E-state index contributed by atoms with van der Waals surface area (Å²) in [6.45, 7) is 6.82. The molecule has 1 amide bonds. The lowest BCUT2D eigenvalue weighted by Gasteiger charge is -2.38. The lowest BCUT2D eigenvalue weighted by atomic mass is 10.0. The zero-order valence-corrected chi connectivity index (χ0v) is 17.0. The quantitative estimate of drug-likeness (QED) is 0.699. The first-order valence-electron chi connectivity index (χ1n) is 9.30. The van der Waals surface area contributed by atoms with Gasteiger partial charge in [-0.05, 0) is 58.0 Å². The van der Waals surface area contributed by atoms with Crippen LogP contribution in [0.15, 0.2) is 47.3 Å². The summed E-state index contributed by atoms with van der Waals surface area (Å²) >= 11 is 0. The molecule has 1 unspecified atom stereocenters. The van der Waals surface area contributed by atoms with Crippen LogP contribution in [-0.2, 0) is 0 Å². The number of amides is 1. The number of nitriles is 1. The maximum absolute atomic E-state index is 14.5. The van der Waals surface area contributed by atoms with Crippen molar-refractivity contribution < 1.29 is 14.3 Å². The number of benzene rings is 2. The molecule has 7 nitrogen and oxygen atoms in total. The Morgan fingerprint density at radius 3 is 2.53 bits per heavy atom. The van der Waals surface area contributed by atoms with E-state index in [2.05, 4.69) is 4.98 Å². The fraction of sp³-hybridized carbons (Fsp3) is 0.273. The van der Waals surface area contributed by atoms with Gasteiger partial charge in [-0.1, -0.05) is 12.1 Å². The van der Waals surface area contributed by atoms with Crippen LogP contribution in [0.2, 0.25) is 0 Å². The second kappa shape index (κ2) is 7.59. The van der Waals surface area contributed by atoms with Crippen molar-refractivity contribution in [3.05, 3.63) is 70.0 Å². The smallest absolute Gasteiger partial charge is 0.408 e. The molecular weight excluding hydrogens is 387 g/mol. The summed E-state index contributed by atoms with van der Waals surface area (Å²) in [5, 5.41) is 18.9.